The van der Waals surface area contributed by atoms with Gasteiger partial charge in [-0.3, -0.25) is 0 Å². The summed E-state index contributed by atoms with van der Waals surface area (Å²) in [5.74, 6) is 0. The quantitative estimate of drug-likeness (QED) is 0.167. The maximum absolute atomic E-state index is 6.72. The molecule has 64 heavy (non-hydrogen) atoms. The highest BCUT2D eigenvalue weighted by Crippen LogP contribution is 2.45. The van der Waals surface area contributed by atoms with Gasteiger partial charge in [0.15, 0.2) is 0 Å². The topological polar surface area (TPSA) is 32.8 Å². The Bertz CT molecular complexity index is 3900. The van der Waals surface area contributed by atoms with Crippen molar-refractivity contribution in [1.29, 1.82) is 0 Å². The number of furan rings is 2. The summed E-state index contributed by atoms with van der Waals surface area (Å²) in [5.41, 5.74) is 9.86. The summed E-state index contributed by atoms with van der Waals surface area (Å²) >= 11 is 3.68. The highest BCUT2D eigenvalue weighted by Gasteiger charge is 2.20. The number of fused-ring (bicyclic) bond motifs is 13. The molecule has 0 aliphatic carbocycles. The fraction of sp³-hybridized carbons (Fsp3) is 0. The van der Waals surface area contributed by atoms with Crippen LogP contribution in [-0.4, -0.2) is 0 Å². The van der Waals surface area contributed by atoms with Crippen LogP contribution in [0.25, 0.3) is 95.0 Å². The van der Waals surface area contributed by atoms with Gasteiger partial charge < -0.3 is 18.6 Å². The molecule has 14 rings (SSSR count). The van der Waals surface area contributed by atoms with E-state index >= 15 is 0 Å². The van der Waals surface area contributed by atoms with Crippen molar-refractivity contribution in [3.63, 3.8) is 0 Å². The van der Waals surface area contributed by atoms with Crippen LogP contribution in [0.1, 0.15) is 0 Å². The molecule has 0 saturated heterocycles. The van der Waals surface area contributed by atoms with Crippen LogP contribution in [0.15, 0.2) is 215 Å². The molecule has 0 N–H and O–H groups in total. The molecule has 0 unspecified atom stereocenters. The minimum absolute atomic E-state index is 0.849. The zero-order chi connectivity index (χ0) is 41.9. The summed E-state index contributed by atoms with van der Waals surface area (Å²) < 4.78 is 18.6. The lowest BCUT2D eigenvalue weighted by Crippen LogP contribution is -2.09. The Hall–Kier alpha value is -7.90. The Labute approximate surface area is 374 Å². The van der Waals surface area contributed by atoms with Crippen molar-refractivity contribution in [1.82, 2.24) is 0 Å². The molecule has 0 saturated carbocycles. The minimum atomic E-state index is 0.849. The molecule has 0 radical (unpaired) electrons. The van der Waals surface area contributed by atoms with Crippen LogP contribution < -0.4 is 9.80 Å². The Balaban J connectivity index is 0.865. The van der Waals surface area contributed by atoms with Crippen molar-refractivity contribution in [2.75, 3.05) is 9.80 Å². The molecule has 4 nitrogen and oxygen atoms in total. The lowest BCUT2D eigenvalue weighted by Gasteiger charge is -2.25. The number of thiophene rings is 2. The van der Waals surface area contributed by atoms with Crippen molar-refractivity contribution in [2.45, 2.75) is 0 Å². The molecule has 4 aromatic heterocycles. The van der Waals surface area contributed by atoms with Crippen LogP contribution in [0, 0.1) is 0 Å². The second-order valence-corrected chi connectivity index (χ2v) is 18.7. The Morgan fingerprint density at radius 1 is 0.250 bits per heavy atom. The molecule has 0 atom stereocenters. The maximum Gasteiger partial charge on any atom is 0.137 e. The fourth-order valence-corrected chi connectivity index (χ4v) is 12.0. The molecule has 10 aromatic carbocycles. The van der Waals surface area contributed by atoms with E-state index in [1.807, 2.05) is 22.7 Å². The lowest BCUT2D eigenvalue weighted by molar-refractivity contribution is 0.668. The number of anilines is 6. The van der Waals surface area contributed by atoms with Gasteiger partial charge in [0.1, 0.15) is 22.3 Å². The van der Waals surface area contributed by atoms with Gasteiger partial charge in [-0.05, 0) is 132 Å². The lowest BCUT2D eigenvalue weighted by atomic mass is 10.0. The highest BCUT2D eigenvalue weighted by molar-refractivity contribution is 7.26. The van der Waals surface area contributed by atoms with Gasteiger partial charge in [-0.15, -0.1) is 22.7 Å². The van der Waals surface area contributed by atoms with Gasteiger partial charge in [-0.25, -0.2) is 0 Å². The zero-order valence-electron chi connectivity index (χ0n) is 34.2. The SMILES string of the molecule is c1ccc(N(c2ccc3c(c2)oc2cc4cc5oc6cc(N(c7ccccc7)c7ccc8sc9ccccc9c8c7)ccc6c5cc4cc23)c2ccc3sc4ccccc4c3c2)cc1. The molecule has 0 aliphatic rings. The molecular formula is C58H34N2O2S2. The molecular weight excluding hydrogens is 821 g/mol. The standard InChI is InChI=1S/C58H34N2O2S2/c1-3-11-37(12-4-1)59(39-21-25-57-49(31-39)45-15-7-9-17-55(45)63-57)41-19-23-43-47-27-35-28-48-44-24-20-42(34-54(44)62-52(48)30-36(35)29-51(47)61-53(43)33-41)60(38-13-5-2-6-14-38)40-22-26-58-50(32-40)46-16-8-10-18-56(46)64-58/h1-34H. The average Bonchev–Trinajstić information content (AvgIpc) is 4.10. The van der Waals surface area contributed by atoms with Gasteiger partial charge in [-0.2, -0.15) is 0 Å². The van der Waals surface area contributed by atoms with E-state index < -0.39 is 0 Å². The first kappa shape index (κ1) is 35.7. The fourth-order valence-electron chi connectivity index (χ4n) is 9.80. The van der Waals surface area contributed by atoms with Gasteiger partial charge in [0.25, 0.3) is 0 Å². The molecule has 300 valence electrons. The first-order valence-electron chi connectivity index (χ1n) is 21.5. The van der Waals surface area contributed by atoms with E-state index in [2.05, 4.69) is 216 Å². The zero-order valence-corrected chi connectivity index (χ0v) is 35.8. The van der Waals surface area contributed by atoms with Crippen molar-refractivity contribution in [2.24, 2.45) is 0 Å². The van der Waals surface area contributed by atoms with Crippen LogP contribution in [0.3, 0.4) is 0 Å². The summed E-state index contributed by atoms with van der Waals surface area (Å²) in [5, 5.41) is 11.7. The van der Waals surface area contributed by atoms with E-state index in [9.17, 15) is 0 Å². The highest BCUT2D eigenvalue weighted by atomic mass is 32.1. The summed E-state index contributed by atoms with van der Waals surface area (Å²) in [6.45, 7) is 0. The monoisotopic (exact) mass is 854 g/mol. The van der Waals surface area contributed by atoms with Crippen LogP contribution in [0.5, 0.6) is 0 Å². The third-order valence-electron chi connectivity index (χ3n) is 12.8. The first-order valence-corrected chi connectivity index (χ1v) is 23.1. The molecule has 14 aromatic rings. The number of benzene rings is 10. The molecule has 0 bridgehead atoms. The minimum Gasteiger partial charge on any atom is -0.456 e. The molecule has 0 amide bonds. The van der Waals surface area contributed by atoms with Crippen molar-refractivity contribution < 1.29 is 8.83 Å². The maximum atomic E-state index is 6.72. The second-order valence-electron chi connectivity index (χ2n) is 16.5. The molecule has 0 aliphatic heterocycles. The summed E-state index contributed by atoms with van der Waals surface area (Å²) in [7, 11) is 0. The van der Waals surface area contributed by atoms with Crippen molar-refractivity contribution >= 4 is 152 Å². The van der Waals surface area contributed by atoms with Gasteiger partial charge >= 0.3 is 0 Å². The summed E-state index contributed by atoms with van der Waals surface area (Å²) in [4.78, 5) is 4.64. The predicted octanol–water partition coefficient (Wildman–Crippen LogP) is 18.3. The van der Waals surface area contributed by atoms with E-state index in [1.165, 1.54) is 40.3 Å². The number of hydrogen-bond donors (Lipinski definition) is 0. The van der Waals surface area contributed by atoms with E-state index in [1.54, 1.807) is 0 Å². The number of para-hydroxylation sites is 2. The molecule has 6 heteroatoms. The third kappa shape index (κ3) is 5.53. The predicted molar refractivity (Wildman–Crippen MR) is 274 cm³/mol. The van der Waals surface area contributed by atoms with Crippen LogP contribution in [-0.2, 0) is 0 Å². The van der Waals surface area contributed by atoms with Crippen LogP contribution >= 0.6 is 22.7 Å². The molecule has 0 spiro atoms. The second kappa shape index (κ2) is 13.8. The van der Waals surface area contributed by atoms with Crippen molar-refractivity contribution in [3.8, 4) is 0 Å². The Morgan fingerprint density at radius 3 is 1.11 bits per heavy atom. The number of hydrogen-bond acceptors (Lipinski definition) is 6. The molecule has 4 heterocycles. The normalized spacial score (nSPS) is 12.1. The third-order valence-corrected chi connectivity index (χ3v) is 15.1. The Kier molecular flexibility index (Phi) is 7.69. The first-order chi connectivity index (χ1) is 31.7. The van der Waals surface area contributed by atoms with Crippen LogP contribution in [0.2, 0.25) is 0 Å². The average molecular weight is 855 g/mol. The van der Waals surface area contributed by atoms with Gasteiger partial charge in [0, 0.05) is 108 Å². The van der Waals surface area contributed by atoms with E-state index in [0.29, 0.717) is 0 Å². The van der Waals surface area contributed by atoms with Gasteiger partial charge in [0.05, 0.1) is 0 Å². The number of nitrogens with zero attached hydrogens (tertiary/aromatic N) is 2. The van der Waals surface area contributed by atoms with Crippen molar-refractivity contribution in [3.05, 3.63) is 206 Å². The van der Waals surface area contributed by atoms with Gasteiger partial charge in [0.2, 0.25) is 0 Å². The van der Waals surface area contributed by atoms with Crippen LogP contribution in [0.4, 0.5) is 34.1 Å². The van der Waals surface area contributed by atoms with E-state index in [4.69, 9.17) is 8.83 Å². The van der Waals surface area contributed by atoms with E-state index in [0.717, 1.165) is 88.8 Å². The summed E-state index contributed by atoms with van der Waals surface area (Å²) in [6.07, 6.45) is 0. The van der Waals surface area contributed by atoms with Gasteiger partial charge in [-0.1, -0.05) is 72.8 Å². The van der Waals surface area contributed by atoms with E-state index in [-0.39, 0.29) is 0 Å². The molecule has 0 fully saturated rings. The number of rotatable bonds is 6. The smallest absolute Gasteiger partial charge is 0.137 e. The largest absolute Gasteiger partial charge is 0.456 e. The summed E-state index contributed by atoms with van der Waals surface area (Å²) in [6, 6.07) is 74.2. The Morgan fingerprint density at radius 2 is 0.625 bits per heavy atom.